The number of nitrogens with zero attached hydrogens (tertiary/aromatic N) is 2. The molecule has 0 atom stereocenters. The molecular formula is C17H20N4O. The van der Waals surface area contributed by atoms with Crippen LogP contribution in [-0.2, 0) is 0 Å². The first-order valence-electron chi connectivity index (χ1n) is 7.67. The predicted molar refractivity (Wildman–Crippen MR) is 87.0 cm³/mol. The van der Waals surface area contributed by atoms with Gasteiger partial charge in [0.2, 0.25) is 5.95 Å². The molecule has 0 spiro atoms. The molecule has 1 aliphatic rings. The Balaban J connectivity index is 1.63. The van der Waals surface area contributed by atoms with Crippen molar-refractivity contribution in [2.45, 2.75) is 38.6 Å². The Labute approximate surface area is 130 Å². The molecule has 2 N–H and O–H groups in total. The van der Waals surface area contributed by atoms with Crippen LogP contribution in [0.5, 0.6) is 0 Å². The van der Waals surface area contributed by atoms with Gasteiger partial charge in [-0.3, -0.25) is 4.79 Å². The quantitative estimate of drug-likeness (QED) is 0.907. The van der Waals surface area contributed by atoms with Gasteiger partial charge < -0.3 is 10.6 Å². The standard InChI is InChI=1S/C17H20N4O/c1-12-5-4-8-15(9-12)20-16(22)13-10-18-17(19-11-13)21-14-6-2-3-7-14/h4-5,8-11,14H,2-3,6-7H2,1H3,(H,20,22)(H,18,19,21). The predicted octanol–water partition coefficient (Wildman–Crippen LogP) is 3.39. The fraction of sp³-hybridized carbons (Fsp3) is 0.353. The third-order valence-electron chi connectivity index (χ3n) is 3.88. The lowest BCUT2D eigenvalue weighted by Crippen LogP contribution is -2.18. The van der Waals surface area contributed by atoms with E-state index in [4.69, 9.17) is 0 Å². The minimum atomic E-state index is -0.196. The number of carbonyl (C=O) groups excluding carboxylic acids is 1. The van der Waals surface area contributed by atoms with Crippen LogP contribution in [-0.4, -0.2) is 21.9 Å². The van der Waals surface area contributed by atoms with Gasteiger partial charge in [-0.25, -0.2) is 9.97 Å². The molecule has 0 aliphatic heterocycles. The van der Waals surface area contributed by atoms with E-state index in [0.29, 0.717) is 17.6 Å². The van der Waals surface area contributed by atoms with Crippen molar-refractivity contribution in [2.75, 3.05) is 10.6 Å². The molecule has 1 aromatic heterocycles. The summed E-state index contributed by atoms with van der Waals surface area (Å²) in [6.07, 6.45) is 7.98. The number of hydrogen-bond acceptors (Lipinski definition) is 4. The van der Waals surface area contributed by atoms with Crippen molar-refractivity contribution in [1.82, 2.24) is 9.97 Å². The Bertz CT molecular complexity index is 648. The van der Waals surface area contributed by atoms with Gasteiger partial charge in [0, 0.05) is 24.1 Å². The van der Waals surface area contributed by atoms with E-state index in [9.17, 15) is 4.79 Å². The lowest BCUT2D eigenvalue weighted by Gasteiger charge is -2.11. The van der Waals surface area contributed by atoms with E-state index in [1.165, 1.54) is 25.7 Å². The normalized spacial score (nSPS) is 14.8. The number of benzene rings is 1. The summed E-state index contributed by atoms with van der Waals surface area (Å²) < 4.78 is 0. The maximum Gasteiger partial charge on any atom is 0.258 e. The Morgan fingerprint density at radius 3 is 2.59 bits per heavy atom. The number of anilines is 2. The molecule has 114 valence electrons. The molecule has 0 saturated heterocycles. The fourth-order valence-corrected chi connectivity index (χ4v) is 2.70. The van der Waals surface area contributed by atoms with E-state index in [0.717, 1.165) is 11.3 Å². The highest BCUT2D eigenvalue weighted by molar-refractivity contribution is 6.03. The van der Waals surface area contributed by atoms with Crippen LogP contribution in [0.1, 0.15) is 41.6 Å². The van der Waals surface area contributed by atoms with Crippen molar-refractivity contribution in [3.63, 3.8) is 0 Å². The Hall–Kier alpha value is -2.43. The Morgan fingerprint density at radius 2 is 1.91 bits per heavy atom. The molecule has 3 rings (SSSR count). The number of nitrogens with one attached hydrogen (secondary N) is 2. The van der Waals surface area contributed by atoms with Crippen LogP contribution in [0.25, 0.3) is 0 Å². The molecule has 1 amide bonds. The second-order valence-corrected chi connectivity index (χ2v) is 5.74. The third kappa shape index (κ3) is 3.61. The summed E-state index contributed by atoms with van der Waals surface area (Å²) in [6.45, 7) is 1.99. The van der Waals surface area contributed by atoms with E-state index in [1.54, 1.807) is 12.4 Å². The first-order valence-corrected chi connectivity index (χ1v) is 7.67. The number of hydrogen-bond donors (Lipinski definition) is 2. The number of amides is 1. The second kappa shape index (κ2) is 6.56. The van der Waals surface area contributed by atoms with Crippen LogP contribution in [0.15, 0.2) is 36.7 Å². The van der Waals surface area contributed by atoms with Crippen LogP contribution in [0.4, 0.5) is 11.6 Å². The molecule has 1 aliphatic carbocycles. The largest absolute Gasteiger partial charge is 0.351 e. The lowest BCUT2D eigenvalue weighted by atomic mass is 10.2. The van der Waals surface area contributed by atoms with Crippen molar-refractivity contribution in [3.05, 3.63) is 47.8 Å². The molecule has 0 unspecified atom stereocenters. The van der Waals surface area contributed by atoms with E-state index in [-0.39, 0.29) is 5.91 Å². The fourth-order valence-electron chi connectivity index (χ4n) is 2.70. The Morgan fingerprint density at radius 1 is 1.18 bits per heavy atom. The van der Waals surface area contributed by atoms with Gasteiger partial charge in [0.1, 0.15) is 0 Å². The molecule has 5 nitrogen and oxygen atoms in total. The van der Waals surface area contributed by atoms with E-state index in [1.807, 2.05) is 31.2 Å². The van der Waals surface area contributed by atoms with Crippen molar-refractivity contribution in [2.24, 2.45) is 0 Å². The van der Waals surface area contributed by atoms with Gasteiger partial charge in [0.25, 0.3) is 5.91 Å². The van der Waals surface area contributed by atoms with Gasteiger partial charge in [-0.1, -0.05) is 25.0 Å². The molecule has 1 saturated carbocycles. The van der Waals surface area contributed by atoms with E-state index >= 15 is 0 Å². The van der Waals surface area contributed by atoms with Crippen molar-refractivity contribution in [3.8, 4) is 0 Å². The summed E-state index contributed by atoms with van der Waals surface area (Å²) in [7, 11) is 0. The molecule has 5 heteroatoms. The number of aromatic nitrogens is 2. The summed E-state index contributed by atoms with van der Waals surface area (Å²) in [4.78, 5) is 20.6. The monoisotopic (exact) mass is 296 g/mol. The summed E-state index contributed by atoms with van der Waals surface area (Å²) in [5, 5.41) is 6.16. The first-order chi connectivity index (χ1) is 10.7. The second-order valence-electron chi connectivity index (χ2n) is 5.74. The van der Waals surface area contributed by atoms with Crippen molar-refractivity contribution >= 4 is 17.5 Å². The maximum absolute atomic E-state index is 12.2. The summed E-state index contributed by atoms with van der Waals surface area (Å²) in [6, 6.07) is 8.15. The van der Waals surface area contributed by atoms with E-state index in [2.05, 4.69) is 20.6 Å². The van der Waals surface area contributed by atoms with Crippen LogP contribution in [0.3, 0.4) is 0 Å². The molecule has 22 heavy (non-hydrogen) atoms. The summed E-state index contributed by atoms with van der Waals surface area (Å²) in [5.74, 6) is 0.400. The first kappa shape index (κ1) is 14.5. The zero-order valence-corrected chi connectivity index (χ0v) is 12.7. The van der Waals surface area contributed by atoms with Gasteiger partial charge in [-0.2, -0.15) is 0 Å². The van der Waals surface area contributed by atoms with E-state index < -0.39 is 0 Å². The number of rotatable bonds is 4. The summed E-state index contributed by atoms with van der Waals surface area (Å²) in [5.41, 5.74) is 2.33. The van der Waals surface area contributed by atoms with Crippen molar-refractivity contribution in [1.29, 1.82) is 0 Å². The topological polar surface area (TPSA) is 66.9 Å². The van der Waals surface area contributed by atoms with Crippen molar-refractivity contribution < 1.29 is 4.79 Å². The average molecular weight is 296 g/mol. The molecule has 1 heterocycles. The molecule has 0 bridgehead atoms. The smallest absolute Gasteiger partial charge is 0.258 e. The highest BCUT2D eigenvalue weighted by Crippen LogP contribution is 2.20. The molecular weight excluding hydrogens is 276 g/mol. The lowest BCUT2D eigenvalue weighted by molar-refractivity contribution is 0.102. The number of aryl methyl sites for hydroxylation is 1. The highest BCUT2D eigenvalue weighted by atomic mass is 16.1. The minimum absolute atomic E-state index is 0.196. The van der Waals surface area contributed by atoms with Crippen LogP contribution in [0, 0.1) is 6.92 Å². The third-order valence-corrected chi connectivity index (χ3v) is 3.88. The number of carbonyl (C=O) groups is 1. The SMILES string of the molecule is Cc1cccc(NC(=O)c2cnc(NC3CCCC3)nc2)c1. The molecule has 1 fully saturated rings. The molecule has 0 radical (unpaired) electrons. The van der Waals surface area contributed by atoms with Gasteiger partial charge in [-0.05, 0) is 37.5 Å². The Kier molecular flexibility index (Phi) is 4.32. The molecule has 1 aromatic carbocycles. The average Bonchev–Trinajstić information content (AvgIpc) is 3.01. The van der Waals surface area contributed by atoms with Crippen LogP contribution < -0.4 is 10.6 Å². The van der Waals surface area contributed by atoms with Crippen LogP contribution in [0.2, 0.25) is 0 Å². The maximum atomic E-state index is 12.2. The zero-order chi connectivity index (χ0) is 15.4. The molecule has 2 aromatic rings. The van der Waals surface area contributed by atoms with Gasteiger partial charge >= 0.3 is 0 Å². The zero-order valence-electron chi connectivity index (χ0n) is 12.7. The summed E-state index contributed by atoms with van der Waals surface area (Å²) >= 11 is 0. The van der Waals surface area contributed by atoms with Gasteiger partial charge in [0.15, 0.2) is 0 Å². The van der Waals surface area contributed by atoms with Gasteiger partial charge in [0.05, 0.1) is 5.56 Å². The minimum Gasteiger partial charge on any atom is -0.351 e. The highest BCUT2D eigenvalue weighted by Gasteiger charge is 2.15. The van der Waals surface area contributed by atoms with Crippen LogP contribution >= 0.6 is 0 Å². The van der Waals surface area contributed by atoms with Gasteiger partial charge in [-0.15, -0.1) is 0 Å².